The van der Waals surface area contributed by atoms with Gasteiger partial charge in [-0.3, -0.25) is 19.2 Å². The van der Waals surface area contributed by atoms with Gasteiger partial charge in [0.15, 0.2) is 12.4 Å². The average molecular weight is 431 g/mol. The zero-order valence-electron chi connectivity index (χ0n) is 19.0. The molecule has 31 heavy (non-hydrogen) atoms. The van der Waals surface area contributed by atoms with Gasteiger partial charge in [0.05, 0.1) is 5.92 Å². The zero-order chi connectivity index (χ0) is 22.8. The first-order valence-electron chi connectivity index (χ1n) is 11.6. The molecule has 4 aliphatic rings. The number of hydrogen-bond donors (Lipinski definition) is 1. The average Bonchev–Trinajstić information content (AvgIpc) is 2.97. The molecule has 4 aliphatic carbocycles. The van der Waals surface area contributed by atoms with Crippen LogP contribution in [-0.2, 0) is 23.9 Å². The molecule has 0 aromatic carbocycles. The quantitative estimate of drug-likeness (QED) is 0.688. The molecule has 6 atom stereocenters. The second kappa shape index (κ2) is 7.36. The van der Waals surface area contributed by atoms with Crippen LogP contribution in [0.5, 0.6) is 0 Å². The number of ketones is 3. The number of carbonyl (C=O) groups excluding carboxylic acids is 4. The minimum absolute atomic E-state index is 0.0564. The second-order valence-corrected chi connectivity index (χ2v) is 11.0. The number of Topliss-reactive ketones (excluding diaryl/α,β-unsaturated/α-hetero) is 2. The summed E-state index contributed by atoms with van der Waals surface area (Å²) >= 11 is 0. The van der Waals surface area contributed by atoms with Crippen molar-refractivity contribution in [1.29, 1.82) is 0 Å². The molecule has 0 aromatic rings. The fourth-order valence-corrected chi connectivity index (χ4v) is 7.27. The van der Waals surface area contributed by atoms with Gasteiger partial charge in [-0.15, -0.1) is 0 Å². The molecule has 0 saturated heterocycles. The van der Waals surface area contributed by atoms with Gasteiger partial charge in [-0.2, -0.15) is 0 Å². The van der Waals surface area contributed by atoms with Gasteiger partial charge in [-0.1, -0.05) is 33.3 Å². The van der Waals surface area contributed by atoms with Crippen molar-refractivity contribution in [2.24, 2.45) is 34.5 Å². The molecule has 0 aliphatic heterocycles. The van der Waals surface area contributed by atoms with Crippen molar-refractivity contribution in [2.75, 3.05) is 6.61 Å². The highest BCUT2D eigenvalue weighted by atomic mass is 16.5. The molecule has 0 bridgehead atoms. The highest BCUT2D eigenvalue weighted by Crippen LogP contribution is 2.66. The van der Waals surface area contributed by atoms with E-state index >= 15 is 0 Å². The topological polar surface area (TPSA) is 97.7 Å². The van der Waals surface area contributed by atoms with Gasteiger partial charge in [-0.25, -0.2) is 0 Å². The number of carbonyl (C=O) groups is 4. The maximum Gasteiger partial charge on any atom is 0.308 e. The smallest absolute Gasteiger partial charge is 0.308 e. The first-order valence-corrected chi connectivity index (χ1v) is 11.6. The molecule has 0 amide bonds. The van der Waals surface area contributed by atoms with Crippen LogP contribution in [0.4, 0.5) is 0 Å². The molecular weight excluding hydrogens is 396 g/mol. The number of esters is 1. The normalized spacial score (nSPS) is 41.9. The van der Waals surface area contributed by atoms with E-state index in [-0.39, 0.29) is 47.1 Å². The number of allylic oxidation sites excluding steroid dienone is 1. The fraction of sp³-hybridized carbons (Fsp3) is 0.760. The molecule has 170 valence electrons. The van der Waals surface area contributed by atoms with E-state index in [0.717, 1.165) is 18.4 Å². The molecule has 0 heterocycles. The lowest BCUT2D eigenvalue weighted by Crippen LogP contribution is -2.61. The third-order valence-electron chi connectivity index (χ3n) is 9.08. The van der Waals surface area contributed by atoms with E-state index < -0.39 is 29.4 Å². The van der Waals surface area contributed by atoms with Gasteiger partial charge >= 0.3 is 5.97 Å². The highest BCUT2D eigenvalue weighted by Gasteiger charge is 2.68. The van der Waals surface area contributed by atoms with Gasteiger partial charge in [0.25, 0.3) is 0 Å². The molecule has 6 nitrogen and oxygen atoms in total. The summed E-state index contributed by atoms with van der Waals surface area (Å²) in [7, 11) is 0. The molecule has 4 rings (SSSR count). The summed E-state index contributed by atoms with van der Waals surface area (Å²) in [5.41, 5.74) is -1.71. The number of ether oxygens (including phenoxy) is 1. The minimum atomic E-state index is -1.66. The zero-order valence-corrected chi connectivity index (χ0v) is 19.0. The monoisotopic (exact) mass is 430 g/mol. The minimum Gasteiger partial charge on any atom is -0.457 e. The maximum atomic E-state index is 13.6. The second-order valence-electron chi connectivity index (χ2n) is 11.0. The van der Waals surface area contributed by atoms with Gasteiger partial charge < -0.3 is 9.84 Å². The van der Waals surface area contributed by atoms with Gasteiger partial charge in [0.2, 0.25) is 5.78 Å². The third-order valence-corrected chi connectivity index (χ3v) is 9.08. The van der Waals surface area contributed by atoms with E-state index in [1.54, 1.807) is 19.9 Å². The summed E-state index contributed by atoms with van der Waals surface area (Å²) < 4.78 is 5.13. The molecule has 0 spiro atoms. The lowest BCUT2D eigenvalue weighted by Gasteiger charge is -2.57. The Morgan fingerprint density at radius 1 is 1.16 bits per heavy atom. The molecule has 0 aromatic heterocycles. The van der Waals surface area contributed by atoms with Crippen molar-refractivity contribution < 1.29 is 29.0 Å². The van der Waals surface area contributed by atoms with Gasteiger partial charge in [-0.05, 0) is 55.4 Å². The van der Waals surface area contributed by atoms with Crippen LogP contribution in [0.3, 0.4) is 0 Å². The summed E-state index contributed by atoms with van der Waals surface area (Å²) in [6.45, 7) is 6.93. The van der Waals surface area contributed by atoms with Crippen LogP contribution >= 0.6 is 0 Å². The SMILES string of the molecule is CC(C)C(=O)OCC(=O)[C@@]1(O)CCC2C3CCC4=CC(=O)CC[C@]4(C)C3C(=O)C[C@@]21C. The van der Waals surface area contributed by atoms with Crippen LogP contribution in [-0.4, -0.2) is 40.6 Å². The van der Waals surface area contributed by atoms with Crippen LogP contribution in [0.25, 0.3) is 0 Å². The molecular formula is C25H34O6. The first-order chi connectivity index (χ1) is 14.4. The lowest BCUT2D eigenvalue weighted by molar-refractivity contribution is -0.174. The number of hydrogen-bond acceptors (Lipinski definition) is 6. The van der Waals surface area contributed by atoms with Crippen LogP contribution in [0.2, 0.25) is 0 Å². The van der Waals surface area contributed by atoms with Crippen LogP contribution in [0.15, 0.2) is 11.6 Å². The van der Waals surface area contributed by atoms with Crippen molar-refractivity contribution in [3.05, 3.63) is 11.6 Å². The van der Waals surface area contributed by atoms with Crippen molar-refractivity contribution in [1.82, 2.24) is 0 Å². The Hall–Kier alpha value is -1.82. The molecule has 3 unspecified atom stereocenters. The van der Waals surface area contributed by atoms with Gasteiger partial charge in [0, 0.05) is 24.2 Å². The van der Waals surface area contributed by atoms with E-state index in [4.69, 9.17) is 4.74 Å². The summed E-state index contributed by atoms with van der Waals surface area (Å²) in [6.07, 6.45) is 5.65. The van der Waals surface area contributed by atoms with Gasteiger partial charge in [0.1, 0.15) is 11.4 Å². The molecule has 3 saturated carbocycles. The Balaban J connectivity index is 1.61. The van der Waals surface area contributed by atoms with E-state index in [0.29, 0.717) is 25.7 Å². The summed E-state index contributed by atoms with van der Waals surface area (Å²) in [5.74, 6) is -1.07. The van der Waals surface area contributed by atoms with E-state index in [9.17, 15) is 24.3 Å². The number of fused-ring (bicyclic) bond motifs is 5. The molecule has 1 N–H and O–H groups in total. The molecule has 0 radical (unpaired) electrons. The Kier molecular flexibility index (Phi) is 5.31. The van der Waals surface area contributed by atoms with Crippen molar-refractivity contribution in [2.45, 2.75) is 78.2 Å². The predicted octanol–water partition coefficient (Wildman–Crippen LogP) is 3.20. The summed E-state index contributed by atoms with van der Waals surface area (Å²) in [4.78, 5) is 50.4. The van der Waals surface area contributed by atoms with E-state index in [1.165, 1.54) is 0 Å². The number of aliphatic hydroxyl groups is 1. The standard InChI is InChI=1S/C25H34O6/c1-14(2)22(29)31-13-20(28)25(30)10-8-18-17-6-5-15-11-16(26)7-9-23(15,3)21(17)19(27)12-24(18,25)4/h11,14,17-18,21,30H,5-10,12-13H2,1-4H3/t17?,18?,21?,23-,24-,25-/m0/s1. The first kappa shape index (κ1) is 22.4. The van der Waals surface area contributed by atoms with Crippen molar-refractivity contribution in [3.63, 3.8) is 0 Å². The summed E-state index contributed by atoms with van der Waals surface area (Å²) in [5, 5.41) is 11.6. The van der Waals surface area contributed by atoms with Crippen LogP contribution in [0.1, 0.15) is 72.6 Å². The lowest BCUT2D eigenvalue weighted by atomic mass is 9.46. The molecule has 3 fully saturated rings. The predicted molar refractivity (Wildman–Crippen MR) is 113 cm³/mol. The fourth-order valence-electron chi connectivity index (χ4n) is 7.27. The summed E-state index contributed by atoms with van der Waals surface area (Å²) in [6, 6.07) is 0. The van der Waals surface area contributed by atoms with E-state index in [2.05, 4.69) is 6.92 Å². The Morgan fingerprint density at radius 2 is 1.87 bits per heavy atom. The Labute approximate surface area is 183 Å². The maximum absolute atomic E-state index is 13.6. The molecule has 6 heteroatoms. The number of rotatable bonds is 4. The van der Waals surface area contributed by atoms with Crippen LogP contribution < -0.4 is 0 Å². The highest BCUT2D eigenvalue weighted by molar-refractivity contribution is 5.95. The van der Waals surface area contributed by atoms with Crippen molar-refractivity contribution in [3.8, 4) is 0 Å². The Morgan fingerprint density at radius 3 is 2.55 bits per heavy atom. The van der Waals surface area contributed by atoms with Crippen LogP contribution in [0, 0.1) is 34.5 Å². The largest absolute Gasteiger partial charge is 0.457 e. The van der Waals surface area contributed by atoms with Crippen molar-refractivity contribution >= 4 is 23.3 Å². The van der Waals surface area contributed by atoms with E-state index in [1.807, 2.05) is 6.92 Å². The Bertz CT molecular complexity index is 871. The third kappa shape index (κ3) is 3.16.